The molecule has 1 aromatic carbocycles. The predicted octanol–water partition coefficient (Wildman–Crippen LogP) is 2.96. The number of carbonyl (C=O) groups excluding carboxylic acids is 2. The maximum Gasteiger partial charge on any atom is 0.325 e. The van der Waals surface area contributed by atoms with Gasteiger partial charge in [0.2, 0.25) is 0 Å². The van der Waals surface area contributed by atoms with E-state index in [9.17, 15) is 18.4 Å². The van der Waals surface area contributed by atoms with Gasteiger partial charge in [0.05, 0.1) is 22.2 Å². The molecule has 0 aliphatic heterocycles. The van der Waals surface area contributed by atoms with Gasteiger partial charge in [-0.25, -0.2) is 8.78 Å². The lowest BCUT2D eigenvalue weighted by atomic mass is 10.3. The van der Waals surface area contributed by atoms with Crippen LogP contribution in [0.15, 0.2) is 34.6 Å². The topological polar surface area (TPSA) is 60.7 Å². The van der Waals surface area contributed by atoms with Gasteiger partial charge in [0.1, 0.15) is 12.4 Å². The number of hydrogen-bond acceptors (Lipinski definition) is 5. The molecular weight excluding hydrogens is 358 g/mol. The molecule has 0 radical (unpaired) electrons. The van der Waals surface area contributed by atoms with E-state index in [0.29, 0.717) is 10.9 Å². The van der Waals surface area contributed by atoms with Crippen LogP contribution in [-0.4, -0.2) is 23.6 Å². The van der Waals surface area contributed by atoms with Crippen LogP contribution in [0.5, 0.6) is 0 Å². The van der Waals surface area contributed by atoms with Gasteiger partial charge in [-0.2, -0.15) is 4.99 Å². The number of carbonyl (C=O) groups is 2. The first-order valence-electron chi connectivity index (χ1n) is 6.67. The number of methoxy groups -OCH3 is 1. The molecule has 124 valence electrons. The van der Waals surface area contributed by atoms with Crippen molar-refractivity contribution in [1.82, 2.24) is 4.57 Å². The summed E-state index contributed by atoms with van der Waals surface area (Å²) in [4.78, 5) is 28.2. The van der Waals surface area contributed by atoms with Gasteiger partial charge in [-0.3, -0.25) is 9.59 Å². The minimum absolute atomic E-state index is 0.00419. The molecule has 0 aliphatic rings. The number of esters is 1. The number of aromatic nitrogens is 1. The number of rotatable bonds is 3. The number of thiophene rings is 1. The van der Waals surface area contributed by atoms with E-state index >= 15 is 0 Å². The quantitative estimate of drug-likeness (QED) is 0.668. The molecule has 3 rings (SSSR count). The summed E-state index contributed by atoms with van der Waals surface area (Å²) in [6.07, 6.45) is 0. The summed E-state index contributed by atoms with van der Waals surface area (Å²) in [5, 5.41) is 1.73. The van der Waals surface area contributed by atoms with Gasteiger partial charge in [-0.15, -0.1) is 11.3 Å². The summed E-state index contributed by atoms with van der Waals surface area (Å²) in [5.41, 5.74) is 0.00419. The van der Waals surface area contributed by atoms with Crippen molar-refractivity contribution in [2.45, 2.75) is 6.54 Å². The third-order valence-corrected chi connectivity index (χ3v) is 5.02. The molecule has 0 spiro atoms. The Labute approximate surface area is 142 Å². The first-order valence-corrected chi connectivity index (χ1v) is 8.37. The highest BCUT2D eigenvalue weighted by molar-refractivity contribution is 7.16. The Bertz CT molecular complexity index is 990. The largest absolute Gasteiger partial charge is 0.468 e. The van der Waals surface area contributed by atoms with Gasteiger partial charge in [-0.1, -0.05) is 17.4 Å². The molecule has 2 aromatic heterocycles. The van der Waals surface area contributed by atoms with E-state index in [1.54, 1.807) is 17.5 Å². The van der Waals surface area contributed by atoms with Crippen molar-refractivity contribution in [3.8, 4) is 0 Å². The number of nitrogens with zero attached hydrogens (tertiary/aromatic N) is 2. The minimum Gasteiger partial charge on any atom is -0.468 e. The third kappa shape index (κ3) is 3.13. The Morgan fingerprint density at radius 2 is 2.12 bits per heavy atom. The molecule has 0 saturated heterocycles. The molecule has 0 atom stereocenters. The van der Waals surface area contributed by atoms with Crippen LogP contribution >= 0.6 is 22.7 Å². The van der Waals surface area contributed by atoms with Gasteiger partial charge in [0.15, 0.2) is 10.6 Å². The average Bonchev–Trinajstić information content (AvgIpc) is 3.16. The van der Waals surface area contributed by atoms with E-state index in [2.05, 4.69) is 9.73 Å². The van der Waals surface area contributed by atoms with Crippen LogP contribution in [0.1, 0.15) is 9.67 Å². The van der Waals surface area contributed by atoms with Gasteiger partial charge in [0, 0.05) is 6.07 Å². The predicted molar refractivity (Wildman–Crippen MR) is 86.0 cm³/mol. The van der Waals surface area contributed by atoms with Crippen molar-refractivity contribution >= 4 is 44.8 Å². The number of thiazole rings is 1. The molecule has 3 aromatic rings. The van der Waals surface area contributed by atoms with Gasteiger partial charge in [0.25, 0.3) is 5.91 Å². The molecule has 9 heteroatoms. The third-order valence-electron chi connectivity index (χ3n) is 3.14. The van der Waals surface area contributed by atoms with Crippen molar-refractivity contribution < 1.29 is 23.1 Å². The first kappa shape index (κ1) is 16.5. The molecule has 0 bridgehead atoms. The fourth-order valence-corrected chi connectivity index (χ4v) is 3.77. The van der Waals surface area contributed by atoms with Gasteiger partial charge >= 0.3 is 5.97 Å². The van der Waals surface area contributed by atoms with Crippen LogP contribution in [0.4, 0.5) is 8.78 Å². The minimum atomic E-state index is -0.838. The second-order valence-corrected chi connectivity index (χ2v) is 6.63. The summed E-state index contributed by atoms with van der Waals surface area (Å²) < 4.78 is 33.6. The highest BCUT2D eigenvalue weighted by Gasteiger charge is 2.17. The number of halogens is 2. The number of ether oxygens (including phenoxy) is 1. The molecule has 0 aliphatic carbocycles. The van der Waals surface area contributed by atoms with E-state index in [0.717, 1.165) is 17.4 Å². The molecule has 2 heterocycles. The van der Waals surface area contributed by atoms with Crippen molar-refractivity contribution in [3.63, 3.8) is 0 Å². The van der Waals surface area contributed by atoms with Crippen LogP contribution in [0.2, 0.25) is 0 Å². The van der Waals surface area contributed by atoms with Crippen LogP contribution in [0.25, 0.3) is 10.2 Å². The van der Waals surface area contributed by atoms with Crippen LogP contribution < -0.4 is 4.80 Å². The van der Waals surface area contributed by atoms with Crippen molar-refractivity contribution in [1.29, 1.82) is 0 Å². The molecule has 1 amide bonds. The fraction of sp³-hybridized carbons (Fsp3) is 0.133. The van der Waals surface area contributed by atoms with Crippen LogP contribution in [0.3, 0.4) is 0 Å². The van der Waals surface area contributed by atoms with E-state index in [-0.39, 0.29) is 21.6 Å². The second kappa shape index (κ2) is 6.62. The van der Waals surface area contributed by atoms with E-state index < -0.39 is 23.5 Å². The Morgan fingerprint density at radius 3 is 2.79 bits per heavy atom. The van der Waals surface area contributed by atoms with Crippen LogP contribution in [-0.2, 0) is 16.1 Å². The zero-order valence-corrected chi connectivity index (χ0v) is 13.9. The molecule has 0 unspecified atom stereocenters. The second-order valence-electron chi connectivity index (χ2n) is 4.68. The molecule has 0 N–H and O–H groups in total. The molecule has 5 nitrogen and oxygen atoms in total. The summed E-state index contributed by atoms with van der Waals surface area (Å²) in [7, 11) is 1.20. The van der Waals surface area contributed by atoms with E-state index in [1.807, 2.05) is 0 Å². The molecular formula is C15H10F2N2O3S2. The number of benzene rings is 1. The zero-order chi connectivity index (χ0) is 17.3. The molecule has 0 fully saturated rings. The highest BCUT2D eigenvalue weighted by Crippen LogP contribution is 2.22. The average molecular weight is 368 g/mol. The highest BCUT2D eigenvalue weighted by atomic mass is 32.1. The first-order chi connectivity index (χ1) is 11.5. The van der Waals surface area contributed by atoms with Gasteiger partial charge in [-0.05, 0) is 17.5 Å². The number of fused-ring (bicyclic) bond motifs is 1. The summed E-state index contributed by atoms with van der Waals surface area (Å²) in [6, 6.07) is 5.16. The number of amides is 1. The Kier molecular flexibility index (Phi) is 4.54. The SMILES string of the molecule is COC(=O)Cn1c(=NC(=O)c2cccs2)sc2cc(F)cc(F)c21. The maximum absolute atomic E-state index is 14.2. The number of hydrogen-bond donors (Lipinski definition) is 0. The monoisotopic (exact) mass is 368 g/mol. The van der Waals surface area contributed by atoms with E-state index in [4.69, 9.17) is 0 Å². The van der Waals surface area contributed by atoms with Crippen molar-refractivity contribution in [2.24, 2.45) is 4.99 Å². The van der Waals surface area contributed by atoms with Crippen molar-refractivity contribution in [3.05, 3.63) is 51.0 Å². The Morgan fingerprint density at radius 1 is 1.33 bits per heavy atom. The summed E-state index contributed by atoms with van der Waals surface area (Å²) in [6.45, 7) is -0.338. The smallest absolute Gasteiger partial charge is 0.325 e. The normalized spacial score (nSPS) is 11.9. The van der Waals surface area contributed by atoms with Crippen molar-refractivity contribution in [2.75, 3.05) is 7.11 Å². The van der Waals surface area contributed by atoms with Crippen LogP contribution in [0, 0.1) is 11.6 Å². The Hall–Kier alpha value is -2.39. The molecule has 24 heavy (non-hydrogen) atoms. The standard InChI is InChI=1S/C15H10F2N2O3S2/c1-22-12(20)7-19-13-9(17)5-8(16)6-11(13)24-15(19)18-14(21)10-3-2-4-23-10/h2-6H,7H2,1H3. The summed E-state index contributed by atoms with van der Waals surface area (Å²) >= 11 is 2.14. The maximum atomic E-state index is 14.2. The van der Waals surface area contributed by atoms with Gasteiger partial charge < -0.3 is 9.30 Å². The fourth-order valence-electron chi connectivity index (χ4n) is 2.10. The molecule has 0 saturated carbocycles. The Balaban J connectivity index is 2.22. The lowest BCUT2D eigenvalue weighted by molar-refractivity contribution is -0.141. The lowest BCUT2D eigenvalue weighted by Gasteiger charge is -2.04. The summed E-state index contributed by atoms with van der Waals surface area (Å²) in [5.74, 6) is -2.74. The van der Waals surface area contributed by atoms with E-state index in [1.165, 1.54) is 23.0 Å². The lowest BCUT2D eigenvalue weighted by Crippen LogP contribution is -2.22. The zero-order valence-electron chi connectivity index (χ0n) is 12.3.